The molecule has 0 aromatic heterocycles. The van der Waals surface area contributed by atoms with E-state index in [9.17, 15) is 14.7 Å². The number of aliphatic hydroxyl groups is 1. The summed E-state index contributed by atoms with van der Waals surface area (Å²) in [7, 11) is 0. The van der Waals surface area contributed by atoms with E-state index in [1.54, 1.807) is 0 Å². The molecule has 6 heteroatoms. The van der Waals surface area contributed by atoms with E-state index in [0.717, 1.165) is 6.42 Å². The van der Waals surface area contributed by atoms with Crippen LogP contribution in [0.2, 0.25) is 0 Å². The van der Waals surface area contributed by atoms with Crippen LogP contribution in [-0.2, 0) is 9.59 Å². The molecule has 5 N–H and O–H groups in total. The highest BCUT2D eigenvalue weighted by molar-refractivity contribution is 5.73. The molecule has 0 aliphatic heterocycles. The van der Waals surface area contributed by atoms with Crippen LogP contribution in [0.3, 0.4) is 0 Å². The van der Waals surface area contributed by atoms with E-state index in [2.05, 4.69) is 19.2 Å². The highest BCUT2D eigenvalue weighted by Crippen LogP contribution is 2.39. The highest BCUT2D eigenvalue weighted by Gasteiger charge is 2.31. The van der Waals surface area contributed by atoms with Crippen molar-refractivity contribution in [1.82, 2.24) is 5.32 Å². The van der Waals surface area contributed by atoms with Gasteiger partial charge in [0, 0.05) is 6.04 Å². The summed E-state index contributed by atoms with van der Waals surface area (Å²) in [4.78, 5) is 21.4. The molecule has 1 fully saturated rings. The van der Waals surface area contributed by atoms with E-state index in [4.69, 9.17) is 10.8 Å². The molecule has 4 unspecified atom stereocenters. The number of nitrogens with two attached hydrogens (primary N) is 1. The summed E-state index contributed by atoms with van der Waals surface area (Å²) in [6.07, 6.45) is 3.17. The minimum Gasteiger partial charge on any atom is -0.481 e. The Bertz CT molecular complexity index is 341. The molecule has 0 heterocycles. The number of nitrogens with one attached hydrogen (secondary N) is 1. The first-order valence-electron chi connectivity index (χ1n) is 7.72. The highest BCUT2D eigenvalue weighted by atomic mass is 16.4. The van der Waals surface area contributed by atoms with Crippen LogP contribution in [0.25, 0.3) is 0 Å². The third-order valence-corrected chi connectivity index (χ3v) is 4.72. The average Bonchev–Trinajstić information content (AvgIpc) is 2.74. The summed E-state index contributed by atoms with van der Waals surface area (Å²) in [6, 6.07) is -1.41. The lowest BCUT2D eigenvalue weighted by Crippen LogP contribution is -2.50. The van der Waals surface area contributed by atoms with Crippen LogP contribution in [0.15, 0.2) is 0 Å². The number of carboxylic acids is 1. The zero-order chi connectivity index (χ0) is 16.0. The van der Waals surface area contributed by atoms with Gasteiger partial charge in [-0.3, -0.25) is 10.1 Å². The van der Waals surface area contributed by atoms with E-state index in [1.165, 1.54) is 12.8 Å². The first-order valence-corrected chi connectivity index (χ1v) is 7.72. The van der Waals surface area contributed by atoms with Crippen LogP contribution in [0.4, 0.5) is 0 Å². The van der Waals surface area contributed by atoms with Gasteiger partial charge in [-0.1, -0.05) is 26.7 Å². The number of rotatable bonds is 9. The monoisotopic (exact) mass is 300 g/mol. The summed E-state index contributed by atoms with van der Waals surface area (Å²) in [5.41, 5.74) is 5.94. The molecule has 0 bridgehead atoms. The van der Waals surface area contributed by atoms with Gasteiger partial charge in [-0.2, -0.15) is 0 Å². The minimum absolute atomic E-state index is 0.357. The molecule has 0 radical (unpaired) electrons. The van der Waals surface area contributed by atoms with Crippen molar-refractivity contribution in [3.63, 3.8) is 0 Å². The van der Waals surface area contributed by atoms with Crippen LogP contribution >= 0.6 is 0 Å². The Hall–Kier alpha value is -0.980. The zero-order valence-corrected chi connectivity index (χ0v) is 12.9. The van der Waals surface area contributed by atoms with Crippen molar-refractivity contribution in [3.05, 3.63) is 0 Å². The Morgan fingerprint density at radius 1 is 1.38 bits per heavy atom. The van der Waals surface area contributed by atoms with Crippen molar-refractivity contribution in [2.75, 3.05) is 0 Å². The van der Waals surface area contributed by atoms with Gasteiger partial charge in [-0.25, -0.2) is 0 Å². The quantitative estimate of drug-likeness (QED) is 0.369. The summed E-state index contributed by atoms with van der Waals surface area (Å²) in [5, 5.41) is 21.2. The standard InChI is InChI=1S/C15H28N2O4/c1-9-3-4-10(2)12(9)5-6-13(16)15(21)17-11(8-18)7-14(19)20/h8-13,15,17,21H,3-7,16H2,1-2H3,(H,19,20)/t9?,10?,11-,12?,13?,15?/m1/s1. The van der Waals surface area contributed by atoms with Gasteiger partial charge in [0.15, 0.2) is 0 Å². The zero-order valence-electron chi connectivity index (χ0n) is 12.9. The topological polar surface area (TPSA) is 113 Å². The summed E-state index contributed by atoms with van der Waals surface area (Å²) >= 11 is 0. The molecule has 0 aromatic rings. The van der Waals surface area contributed by atoms with Gasteiger partial charge in [0.1, 0.15) is 12.5 Å². The van der Waals surface area contributed by atoms with Crippen molar-refractivity contribution in [1.29, 1.82) is 0 Å². The Morgan fingerprint density at radius 3 is 2.43 bits per heavy atom. The van der Waals surface area contributed by atoms with E-state index >= 15 is 0 Å². The van der Waals surface area contributed by atoms with Gasteiger partial charge >= 0.3 is 5.97 Å². The number of aliphatic carboxylic acids is 1. The molecule has 122 valence electrons. The number of hydrogen-bond acceptors (Lipinski definition) is 5. The molecule has 21 heavy (non-hydrogen) atoms. The van der Waals surface area contributed by atoms with Gasteiger partial charge < -0.3 is 20.7 Å². The maximum atomic E-state index is 10.8. The number of carboxylic acid groups (broad SMARTS) is 1. The fourth-order valence-electron chi connectivity index (χ4n) is 3.30. The maximum absolute atomic E-state index is 10.8. The number of hydrogen-bond donors (Lipinski definition) is 4. The number of carbonyl (C=O) groups is 2. The van der Waals surface area contributed by atoms with Crippen molar-refractivity contribution in [3.8, 4) is 0 Å². The second kappa shape index (κ2) is 8.46. The van der Waals surface area contributed by atoms with E-state index < -0.39 is 24.3 Å². The van der Waals surface area contributed by atoms with Crippen LogP contribution in [-0.4, -0.2) is 40.8 Å². The average molecular weight is 300 g/mol. The third-order valence-electron chi connectivity index (χ3n) is 4.72. The lowest BCUT2D eigenvalue weighted by atomic mass is 9.86. The lowest BCUT2D eigenvalue weighted by molar-refractivity contribution is -0.138. The van der Waals surface area contributed by atoms with Crippen molar-refractivity contribution >= 4 is 12.3 Å². The van der Waals surface area contributed by atoms with Crippen LogP contribution < -0.4 is 11.1 Å². The van der Waals surface area contributed by atoms with E-state index in [-0.39, 0.29) is 6.42 Å². The first-order chi connectivity index (χ1) is 9.85. The maximum Gasteiger partial charge on any atom is 0.305 e. The summed E-state index contributed by atoms with van der Waals surface area (Å²) < 4.78 is 0. The largest absolute Gasteiger partial charge is 0.481 e. The Kier molecular flexibility index (Phi) is 7.28. The van der Waals surface area contributed by atoms with Crippen molar-refractivity contribution in [2.45, 2.75) is 64.3 Å². The van der Waals surface area contributed by atoms with Gasteiger partial charge in [-0.05, 0) is 30.6 Å². The summed E-state index contributed by atoms with van der Waals surface area (Å²) in [6.45, 7) is 4.51. The molecule has 0 saturated heterocycles. The molecular weight excluding hydrogens is 272 g/mol. The number of aldehydes is 1. The molecule has 0 amide bonds. The van der Waals surface area contributed by atoms with Gasteiger partial charge in [0.05, 0.1) is 12.5 Å². The molecule has 6 nitrogen and oxygen atoms in total. The Morgan fingerprint density at radius 2 is 1.95 bits per heavy atom. The lowest BCUT2D eigenvalue weighted by Gasteiger charge is -2.26. The normalized spacial score (nSPS) is 29.8. The van der Waals surface area contributed by atoms with Gasteiger partial charge in [0.25, 0.3) is 0 Å². The van der Waals surface area contributed by atoms with E-state index in [1.807, 2.05) is 0 Å². The number of aliphatic hydroxyl groups excluding tert-OH is 1. The molecular formula is C15H28N2O4. The first kappa shape index (κ1) is 18.1. The molecule has 0 spiro atoms. The fourth-order valence-corrected chi connectivity index (χ4v) is 3.30. The fraction of sp³-hybridized carbons (Fsp3) is 0.867. The van der Waals surface area contributed by atoms with Gasteiger partial charge in [0.2, 0.25) is 0 Å². The van der Waals surface area contributed by atoms with Gasteiger partial charge in [-0.15, -0.1) is 0 Å². The Labute approximate surface area is 126 Å². The molecule has 1 saturated carbocycles. The summed E-state index contributed by atoms with van der Waals surface area (Å²) in [5.74, 6) is 0.914. The van der Waals surface area contributed by atoms with E-state index in [0.29, 0.717) is 30.5 Å². The van der Waals surface area contributed by atoms with Crippen LogP contribution in [0.1, 0.15) is 46.0 Å². The second-order valence-electron chi connectivity index (χ2n) is 6.39. The van der Waals surface area contributed by atoms with Crippen LogP contribution in [0, 0.1) is 17.8 Å². The Balaban J connectivity index is 2.38. The van der Waals surface area contributed by atoms with Crippen molar-refractivity contribution < 1.29 is 19.8 Å². The smallest absolute Gasteiger partial charge is 0.305 e. The molecule has 1 aliphatic rings. The molecule has 1 aliphatic carbocycles. The SMILES string of the molecule is CC1CCC(C)C1CCC(N)C(O)N[C@@H](C=O)CC(=O)O. The third kappa shape index (κ3) is 5.73. The second-order valence-corrected chi connectivity index (χ2v) is 6.39. The molecule has 5 atom stereocenters. The van der Waals surface area contributed by atoms with Crippen molar-refractivity contribution in [2.24, 2.45) is 23.5 Å². The van der Waals surface area contributed by atoms with Crippen LogP contribution in [0.5, 0.6) is 0 Å². The molecule has 1 rings (SSSR count). The minimum atomic E-state index is -1.09. The molecule has 0 aromatic carbocycles. The number of carbonyl (C=O) groups excluding carboxylic acids is 1. The predicted octanol–water partition coefficient (Wildman–Crippen LogP) is 0.726. The predicted molar refractivity (Wildman–Crippen MR) is 79.5 cm³/mol.